The predicted octanol–water partition coefficient (Wildman–Crippen LogP) is 8.90. The molecule has 4 heteroatoms. The fourth-order valence-electron chi connectivity index (χ4n) is 9.67. The van der Waals surface area contributed by atoms with Crippen molar-refractivity contribution < 1.29 is 0 Å². The summed E-state index contributed by atoms with van der Waals surface area (Å²) < 4.78 is 2.32. The minimum absolute atomic E-state index is 0.0968. The van der Waals surface area contributed by atoms with Crippen molar-refractivity contribution in [3.63, 3.8) is 0 Å². The summed E-state index contributed by atoms with van der Waals surface area (Å²) in [6, 6.07) is 64.4. The van der Waals surface area contributed by atoms with Gasteiger partial charge in [-0.3, -0.25) is 4.57 Å². The van der Waals surface area contributed by atoms with Crippen LogP contribution in [0.1, 0.15) is 25.0 Å². The van der Waals surface area contributed by atoms with Gasteiger partial charge in [0, 0.05) is 32.5 Å². The second kappa shape index (κ2) is 11.1. The van der Waals surface area contributed by atoms with Crippen LogP contribution >= 0.6 is 0 Å². The number of nitrogens with zero attached hydrogens (tertiary/aromatic N) is 3. The Kier molecular flexibility index (Phi) is 6.32. The molecule has 1 aliphatic heterocycles. The minimum atomic E-state index is -2.87. The zero-order valence-electron chi connectivity index (χ0n) is 29.6. The van der Waals surface area contributed by atoms with Crippen LogP contribution in [-0.2, 0) is 5.41 Å². The van der Waals surface area contributed by atoms with Crippen LogP contribution in [0.15, 0.2) is 176 Å². The molecule has 0 atom stereocenters. The van der Waals surface area contributed by atoms with E-state index >= 15 is 0 Å². The minimum Gasteiger partial charge on any atom is -0.278 e. The van der Waals surface area contributed by atoms with E-state index in [4.69, 9.17) is 9.97 Å². The second-order valence-corrected chi connectivity index (χ2v) is 18.6. The van der Waals surface area contributed by atoms with E-state index < -0.39 is 8.07 Å². The lowest BCUT2D eigenvalue weighted by atomic mass is 9.82. The molecule has 0 spiro atoms. The molecule has 0 amide bonds. The number of para-hydroxylation sites is 1. The highest BCUT2D eigenvalue weighted by molar-refractivity contribution is 7.22. The van der Waals surface area contributed by atoms with Gasteiger partial charge in [0.25, 0.3) is 0 Å². The van der Waals surface area contributed by atoms with Gasteiger partial charge in [-0.05, 0) is 49.9 Å². The van der Waals surface area contributed by atoms with Crippen LogP contribution in [0, 0.1) is 0 Å². The molecule has 0 N–H and O–H groups in total. The third-order valence-corrected chi connectivity index (χ3v) is 16.8. The van der Waals surface area contributed by atoms with E-state index in [1.165, 1.54) is 59.3 Å². The summed E-state index contributed by atoms with van der Waals surface area (Å²) in [4.78, 5) is 11.5. The van der Waals surface area contributed by atoms with Gasteiger partial charge in [0.2, 0.25) is 5.95 Å². The lowest BCUT2D eigenvalue weighted by Gasteiger charge is -2.32. The van der Waals surface area contributed by atoms with Crippen molar-refractivity contribution in [3.05, 3.63) is 187 Å². The number of rotatable bonds is 4. The number of fused-ring (bicyclic) bond motifs is 10. The lowest BCUT2D eigenvalue weighted by molar-refractivity contribution is 0.661. The second-order valence-electron chi connectivity index (χ2n) is 14.9. The summed E-state index contributed by atoms with van der Waals surface area (Å²) in [6.07, 6.45) is 0. The zero-order chi connectivity index (χ0) is 35.3. The van der Waals surface area contributed by atoms with E-state index in [9.17, 15) is 0 Å². The Morgan fingerprint density at radius 2 is 1.08 bits per heavy atom. The van der Waals surface area contributed by atoms with Crippen molar-refractivity contribution in [3.8, 4) is 39.6 Å². The SMILES string of the molecule is CC1(C)c2ccccc2-c2c1ccc1c2c2ccccc2n1-c1nc(-c2ccccc2)c2c(n1)-c1ccccc1[Si]2(c1ccccc1)c1ccccc1. The molecule has 11 rings (SSSR count). The van der Waals surface area contributed by atoms with Crippen LogP contribution in [0.2, 0.25) is 0 Å². The molecule has 3 nitrogen and oxygen atoms in total. The van der Waals surface area contributed by atoms with Crippen LogP contribution in [-0.4, -0.2) is 22.6 Å². The Labute approximate surface area is 309 Å². The highest BCUT2D eigenvalue weighted by Gasteiger charge is 2.51. The van der Waals surface area contributed by atoms with Gasteiger partial charge in [-0.2, -0.15) is 0 Å². The van der Waals surface area contributed by atoms with Gasteiger partial charge < -0.3 is 0 Å². The molecule has 250 valence electrons. The molecule has 0 saturated heterocycles. The van der Waals surface area contributed by atoms with Crippen molar-refractivity contribution in [2.24, 2.45) is 0 Å². The molecule has 2 aromatic heterocycles. The van der Waals surface area contributed by atoms with E-state index in [1.807, 2.05) is 0 Å². The monoisotopic (exact) mass is 693 g/mol. The largest absolute Gasteiger partial charge is 0.278 e. The van der Waals surface area contributed by atoms with Gasteiger partial charge in [-0.25, -0.2) is 9.97 Å². The number of hydrogen-bond acceptors (Lipinski definition) is 2. The Balaban J connectivity index is 1.30. The first-order valence-electron chi connectivity index (χ1n) is 18.4. The van der Waals surface area contributed by atoms with E-state index in [0.29, 0.717) is 5.95 Å². The summed E-state index contributed by atoms with van der Waals surface area (Å²) >= 11 is 0. The number of aromatic nitrogens is 3. The average Bonchev–Trinajstić information content (AvgIpc) is 3.80. The Bertz CT molecular complexity index is 2870. The van der Waals surface area contributed by atoms with Crippen LogP contribution < -0.4 is 20.7 Å². The van der Waals surface area contributed by atoms with Crippen molar-refractivity contribution in [2.75, 3.05) is 0 Å². The first-order valence-corrected chi connectivity index (χ1v) is 20.4. The molecule has 2 aliphatic rings. The normalized spacial score (nSPS) is 14.5. The maximum Gasteiger partial charge on any atom is 0.235 e. The lowest BCUT2D eigenvalue weighted by Crippen LogP contribution is -2.73. The molecule has 0 radical (unpaired) electrons. The van der Waals surface area contributed by atoms with Gasteiger partial charge >= 0.3 is 0 Å². The highest BCUT2D eigenvalue weighted by atomic mass is 28.3. The molecule has 53 heavy (non-hydrogen) atoms. The quantitative estimate of drug-likeness (QED) is 0.173. The van der Waals surface area contributed by atoms with Gasteiger partial charge in [-0.1, -0.05) is 178 Å². The molecule has 1 aliphatic carbocycles. The first kappa shape index (κ1) is 30.3. The fraction of sp³-hybridized carbons (Fsp3) is 0.0612. The molecular formula is C49H35N3Si. The van der Waals surface area contributed by atoms with E-state index in [1.54, 1.807) is 0 Å². The Morgan fingerprint density at radius 3 is 1.81 bits per heavy atom. The molecule has 0 saturated carbocycles. The van der Waals surface area contributed by atoms with Crippen LogP contribution in [0.5, 0.6) is 0 Å². The van der Waals surface area contributed by atoms with Crippen molar-refractivity contribution in [1.29, 1.82) is 0 Å². The molecule has 7 aromatic carbocycles. The van der Waals surface area contributed by atoms with E-state index in [-0.39, 0.29) is 5.41 Å². The summed E-state index contributed by atoms with van der Waals surface area (Å²) in [5, 5.41) is 7.76. The third kappa shape index (κ3) is 3.99. The molecular weight excluding hydrogens is 659 g/mol. The summed E-state index contributed by atoms with van der Waals surface area (Å²) in [7, 11) is -2.87. The summed E-state index contributed by atoms with van der Waals surface area (Å²) in [6.45, 7) is 4.71. The van der Waals surface area contributed by atoms with Crippen LogP contribution in [0.4, 0.5) is 0 Å². The van der Waals surface area contributed by atoms with E-state index in [0.717, 1.165) is 28.0 Å². The van der Waals surface area contributed by atoms with Crippen LogP contribution in [0.25, 0.3) is 61.4 Å². The zero-order valence-corrected chi connectivity index (χ0v) is 30.6. The average molecular weight is 694 g/mol. The number of benzene rings is 7. The van der Waals surface area contributed by atoms with Crippen molar-refractivity contribution in [2.45, 2.75) is 19.3 Å². The van der Waals surface area contributed by atoms with Crippen LogP contribution in [0.3, 0.4) is 0 Å². The summed E-state index contributed by atoms with van der Waals surface area (Å²) in [5.74, 6) is 0.694. The Morgan fingerprint density at radius 1 is 0.491 bits per heavy atom. The maximum absolute atomic E-state index is 5.74. The molecule has 9 aromatic rings. The molecule has 0 fully saturated rings. The van der Waals surface area contributed by atoms with Gasteiger partial charge in [0.15, 0.2) is 8.07 Å². The number of hydrogen-bond donors (Lipinski definition) is 0. The van der Waals surface area contributed by atoms with Gasteiger partial charge in [0.05, 0.1) is 22.4 Å². The molecule has 0 unspecified atom stereocenters. The standard InChI is InChI=1S/C49H35N3Si/c1-49(2)38-27-15-12-24-35(38)43-39(49)30-31-41-44(43)36-25-13-16-28-40(36)52(41)48-50-45(32-18-6-3-7-19-32)47-46(51-48)37-26-14-17-29-42(37)53(47,33-20-8-4-9-21-33)34-22-10-5-11-23-34/h3-31H,1-2H3. The highest BCUT2D eigenvalue weighted by Crippen LogP contribution is 2.53. The topological polar surface area (TPSA) is 30.7 Å². The molecule has 3 heterocycles. The summed E-state index contributed by atoms with van der Waals surface area (Å²) in [5.41, 5.74) is 11.8. The maximum atomic E-state index is 5.74. The first-order chi connectivity index (χ1) is 26.1. The molecule has 0 bridgehead atoms. The third-order valence-electron chi connectivity index (χ3n) is 11.9. The predicted molar refractivity (Wildman–Crippen MR) is 222 cm³/mol. The van der Waals surface area contributed by atoms with Crippen molar-refractivity contribution >= 4 is 50.6 Å². The van der Waals surface area contributed by atoms with Crippen molar-refractivity contribution in [1.82, 2.24) is 14.5 Å². The Hall–Kier alpha value is -6.36. The smallest absolute Gasteiger partial charge is 0.235 e. The fourth-order valence-corrected chi connectivity index (χ4v) is 14.9. The van der Waals surface area contributed by atoms with E-state index in [2.05, 4.69) is 194 Å². The van der Waals surface area contributed by atoms with Gasteiger partial charge in [-0.15, -0.1) is 0 Å². The van der Waals surface area contributed by atoms with Gasteiger partial charge in [0.1, 0.15) is 0 Å².